The van der Waals surface area contributed by atoms with Crippen molar-refractivity contribution < 1.29 is 4.79 Å². The molecule has 1 aromatic heterocycles. The summed E-state index contributed by atoms with van der Waals surface area (Å²) in [6, 6.07) is 22.4. The molecule has 0 fully saturated rings. The molecular weight excluding hydrogens is 428 g/mol. The Morgan fingerprint density at radius 3 is 1.97 bits per heavy atom. The number of carbonyl (C=O) groups is 1. The molecule has 0 aliphatic rings. The van der Waals surface area contributed by atoms with Crippen molar-refractivity contribution in [3.05, 3.63) is 89.0 Å². The van der Waals surface area contributed by atoms with Crippen molar-refractivity contribution in [2.24, 2.45) is 0 Å². The van der Waals surface area contributed by atoms with E-state index in [1.54, 1.807) is 0 Å². The van der Waals surface area contributed by atoms with Gasteiger partial charge in [0.1, 0.15) is 11.4 Å². The third-order valence-corrected chi connectivity index (χ3v) is 6.15. The summed E-state index contributed by atoms with van der Waals surface area (Å²) >= 11 is 1.28. The number of hydrogen-bond donors (Lipinski definition) is 1. The van der Waals surface area contributed by atoms with E-state index in [-0.39, 0.29) is 11.7 Å². The molecule has 4 rings (SSSR count). The van der Waals surface area contributed by atoms with E-state index in [1.165, 1.54) is 22.9 Å². The molecular formula is C27H26N4OS. The van der Waals surface area contributed by atoms with Crippen LogP contribution in [0.4, 0.5) is 5.69 Å². The topological polar surface area (TPSA) is 67.8 Å². The summed E-state index contributed by atoms with van der Waals surface area (Å²) in [6.07, 6.45) is 0. The van der Waals surface area contributed by atoms with E-state index in [0.29, 0.717) is 5.16 Å². The van der Waals surface area contributed by atoms with Crippen molar-refractivity contribution in [1.82, 2.24) is 15.2 Å². The van der Waals surface area contributed by atoms with Crippen LogP contribution < -0.4 is 5.32 Å². The molecule has 33 heavy (non-hydrogen) atoms. The van der Waals surface area contributed by atoms with Gasteiger partial charge in [-0.1, -0.05) is 83.6 Å². The number of thioether (sulfide) groups is 1. The van der Waals surface area contributed by atoms with Crippen molar-refractivity contribution >= 4 is 23.4 Å². The Hall–Kier alpha value is -3.51. The Labute approximate surface area is 198 Å². The minimum atomic E-state index is -0.100. The van der Waals surface area contributed by atoms with Crippen LogP contribution in [-0.4, -0.2) is 26.8 Å². The van der Waals surface area contributed by atoms with Crippen molar-refractivity contribution in [2.45, 2.75) is 32.9 Å². The Morgan fingerprint density at radius 1 is 0.758 bits per heavy atom. The molecule has 0 bridgehead atoms. The van der Waals surface area contributed by atoms with Gasteiger partial charge >= 0.3 is 0 Å². The number of aryl methyl sites for hydroxylation is 4. The molecule has 166 valence electrons. The summed E-state index contributed by atoms with van der Waals surface area (Å²) in [5.74, 6) is 0.100. The summed E-state index contributed by atoms with van der Waals surface area (Å²) in [7, 11) is 0. The van der Waals surface area contributed by atoms with Gasteiger partial charge in [-0.05, 0) is 44.9 Å². The number of aromatic nitrogens is 3. The number of hydrogen-bond acceptors (Lipinski definition) is 5. The molecule has 1 amide bonds. The monoisotopic (exact) mass is 454 g/mol. The van der Waals surface area contributed by atoms with Gasteiger partial charge in [0.25, 0.3) is 0 Å². The maximum absolute atomic E-state index is 12.6. The SMILES string of the molecule is Cc1ccc(-c2nnc(SCC(=O)Nc3cc(C)ccc3C)nc2-c2ccc(C)cc2)cc1. The van der Waals surface area contributed by atoms with E-state index in [0.717, 1.165) is 39.3 Å². The van der Waals surface area contributed by atoms with Gasteiger partial charge in [0.2, 0.25) is 11.1 Å². The first-order chi connectivity index (χ1) is 15.9. The lowest BCUT2D eigenvalue weighted by atomic mass is 10.0. The summed E-state index contributed by atoms with van der Waals surface area (Å²) in [4.78, 5) is 17.3. The minimum Gasteiger partial charge on any atom is -0.325 e. The summed E-state index contributed by atoms with van der Waals surface area (Å²) in [5.41, 5.74) is 8.72. The summed E-state index contributed by atoms with van der Waals surface area (Å²) < 4.78 is 0. The van der Waals surface area contributed by atoms with Gasteiger partial charge in [-0.25, -0.2) is 4.98 Å². The highest BCUT2D eigenvalue weighted by Crippen LogP contribution is 2.30. The lowest BCUT2D eigenvalue weighted by Crippen LogP contribution is -2.15. The number of amides is 1. The second kappa shape index (κ2) is 9.96. The molecule has 1 N–H and O–H groups in total. The van der Waals surface area contributed by atoms with Crippen LogP contribution in [0.2, 0.25) is 0 Å². The van der Waals surface area contributed by atoms with Crippen LogP contribution in [0.5, 0.6) is 0 Å². The number of nitrogens with zero attached hydrogens (tertiary/aromatic N) is 3. The fraction of sp³-hybridized carbons (Fsp3) is 0.185. The number of carbonyl (C=O) groups excluding carboxylic acids is 1. The predicted molar refractivity (Wildman–Crippen MR) is 135 cm³/mol. The maximum atomic E-state index is 12.6. The normalized spacial score (nSPS) is 10.8. The quantitative estimate of drug-likeness (QED) is 0.353. The van der Waals surface area contributed by atoms with E-state index in [9.17, 15) is 4.79 Å². The number of nitrogens with one attached hydrogen (secondary N) is 1. The Bertz CT molecular complexity index is 1280. The van der Waals surface area contributed by atoms with E-state index in [4.69, 9.17) is 4.98 Å². The molecule has 0 saturated heterocycles. The van der Waals surface area contributed by atoms with Gasteiger partial charge in [-0.15, -0.1) is 10.2 Å². The zero-order valence-electron chi connectivity index (χ0n) is 19.2. The molecule has 0 aliphatic heterocycles. The zero-order valence-corrected chi connectivity index (χ0v) is 20.0. The number of anilines is 1. The van der Waals surface area contributed by atoms with Gasteiger partial charge < -0.3 is 5.32 Å². The van der Waals surface area contributed by atoms with E-state index in [1.807, 2.05) is 56.3 Å². The molecule has 0 radical (unpaired) electrons. The van der Waals surface area contributed by atoms with Gasteiger partial charge in [0.15, 0.2) is 0 Å². The van der Waals surface area contributed by atoms with E-state index >= 15 is 0 Å². The number of rotatable bonds is 6. The molecule has 6 heteroatoms. The van der Waals surface area contributed by atoms with Gasteiger partial charge in [-0.2, -0.15) is 0 Å². The first kappa shape index (κ1) is 22.7. The minimum absolute atomic E-state index is 0.100. The van der Waals surface area contributed by atoms with Crippen molar-refractivity contribution in [3.8, 4) is 22.5 Å². The third-order valence-electron chi connectivity index (χ3n) is 5.32. The molecule has 0 aliphatic carbocycles. The lowest BCUT2D eigenvalue weighted by molar-refractivity contribution is -0.113. The Kier molecular flexibility index (Phi) is 6.84. The average molecular weight is 455 g/mol. The third kappa shape index (κ3) is 5.65. The lowest BCUT2D eigenvalue weighted by Gasteiger charge is -2.11. The van der Waals surface area contributed by atoms with Crippen LogP contribution in [0.25, 0.3) is 22.5 Å². The molecule has 4 aromatic rings. The summed E-state index contributed by atoms with van der Waals surface area (Å²) in [6.45, 7) is 8.09. The van der Waals surface area contributed by atoms with Crippen molar-refractivity contribution in [3.63, 3.8) is 0 Å². The predicted octanol–water partition coefficient (Wildman–Crippen LogP) is 6.17. The van der Waals surface area contributed by atoms with Crippen molar-refractivity contribution in [1.29, 1.82) is 0 Å². The number of benzene rings is 3. The second-order valence-electron chi connectivity index (χ2n) is 8.18. The Morgan fingerprint density at radius 2 is 1.33 bits per heavy atom. The standard InChI is InChI=1S/C27H26N4OS/c1-17-6-11-21(12-7-17)25-26(22-13-8-18(2)9-14-22)30-31-27(29-25)33-16-24(32)28-23-15-19(3)5-10-20(23)4/h5-15H,16H2,1-4H3,(H,28,32). The maximum Gasteiger partial charge on any atom is 0.234 e. The fourth-order valence-electron chi connectivity index (χ4n) is 3.38. The van der Waals surface area contributed by atoms with Crippen LogP contribution in [0.3, 0.4) is 0 Å². The first-order valence-electron chi connectivity index (χ1n) is 10.8. The van der Waals surface area contributed by atoms with E-state index < -0.39 is 0 Å². The largest absolute Gasteiger partial charge is 0.325 e. The van der Waals surface area contributed by atoms with Crippen LogP contribution >= 0.6 is 11.8 Å². The molecule has 0 unspecified atom stereocenters. The highest BCUT2D eigenvalue weighted by atomic mass is 32.2. The molecule has 0 atom stereocenters. The van der Waals surface area contributed by atoms with Crippen LogP contribution in [0, 0.1) is 27.7 Å². The second-order valence-corrected chi connectivity index (χ2v) is 9.12. The Balaban J connectivity index is 1.58. The fourth-order valence-corrected chi connectivity index (χ4v) is 3.96. The van der Waals surface area contributed by atoms with Crippen LogP contribution in [0.15, 0.2) is 71.9 Å². The smallest absolute Gasteiger partial charge is 0.234 e. The molecule has 0 spiro atoms. The van der Waals surface area contributed by atoms with Crippen LogP contribution in [0.1, 0.15) is 22.3 Å². The first-order valence-corrected chi connectivity index (χ1v) is 11.8. The summed E-state index contributed by atoms with van der Waals surface area (Å²) in [5, 5.41) is 12.3. The van der Waals surface area contributed by atoms with Crippen LogP contribution in [-0.2, 0) is 4.79 Å². The molecule has 0 saturated carbocycles. The molecule has 3 aromatic carbocycles. The molecule has 1 heterocycles. The van der Waals surface area contributed by atoms with Crippen molar-refractivity contribution in [2.75, 3.05) is 11.1 Å². The van der Waals surface area contributed by atoms with E-state index in [2.05, 4.69) is 53.6 Å². The molecule has 5 nitrogen and oxygen atoms in total. The highest BCUT2D eigenvalue weighted by Gasteiger charge is 2.15. The average Bonchev–Trinajstić information content (AvgIpc) is 2.81. The zero-order chi connectivity index (χ0) is 23.4. The van der Waals surface area contributed by atoms with Gasteiger partial charge in [0.05, 0.1) is 5.75 Å². The van der Waals surface area contributed by atoms with Gasteiger partial charge in [-0.3, -0.25) is 4.79 Å². The van der Waals surface area contributed by atoms with Gasteiger partial charge in [0, 0.05) is 16.8 Å². The highest BCUT2D eigenvalue weighted by molar-refractivity contribution is 7.99.